The second kappa shape index (κ2) is 9.65. The third kappa shape index (κ3) is 5.10. The Morgan fingerprint density at radius 3 is 1.00 bits per heavy atom. The number of hydrogen-bond donors (Lipinski definition) is 0. The van der Waals surface area contributed by atoms with Crippen molar-refractivity contribution in [2.24, 2.45) is 0 Å². The summed E-state index contributed by atoms with van der Waals surface area (Å²) in [7, 11) is -11.8. The van der Waals surface area contributed by atoms with E-state index in [-0.39, 0.29) is 0 Å². The van der Waals surface area contributed by atoms with Crippen LogP contribution in [-0.4, -0.2) is 67.1 Å². The average Bonchev–Trinajstić information content (AvgIpc) is 2.94. The second-order valence-electron chi connectivity index (χ2n) is 14.7. The lowest BCUT2D eigenvalue weighted by atomic mass is 10.4. The minimum Gasteiger partial charge on any atom is -0.293 e. The molecule has 3 rings (SSSR count). The van der Waals surface area contributed by atoms with Crippen LogP contribution in [-0.2, 0) is 0 Å². The van der Waals surface area contributed by atoms with Crippen LogP contribution in [0.2, 0.25) is 91.7 Å². The van der Waals surface area contributed by atoms with Gasteiger partial charge in [-0.15, -0.1) is 0 Å². The highest BCUT2D eigenvalue weighted by Crippen LogP contribution is 2.45. The van der Waals surface area contributed by atoms with Gasteiger partial charge in [-0.25, -0.2) is 0 Å². The van der Waals surface area contributed by atoms with Gasteiger partial charge in [0, 0.05) is 0 Å². The molecular formula is C26H52N4Si6. The SMILES string of the molecule is C[Si](C)(C)N(N1[Si](C)(c2ccccc2)N([Si](C)(C)C)N([Si](C)(C)C)[Si]1(C)c1ccccc1)[Si](C)(C)C. The molecule has 10 heteroatoms. The zero-order valence-corrected chi connectivity index (χ0v) is 31.6. The number of rotatable bonds is 7. The molecule has 1 heterocycles. The van der Waals surface area contributed by atoms with Gasteiger partial charge in [0.1, 0.15) is 32.9 Å². The first-order valence-electron chi connectivity index (χ1n) is 13.5. The van der Waals surface area contributed by atoms with Crippen molar-refractivity contribution in [3.8, 4) is 0 Å². The molecule has 0 spiro atoms. The molecule has 0 aromatic heterocycles. The van der Waals surface area contributed by atoms with E-state index in [1.54, 1.807) is 10.4 Å². The van der Waals surface area contributed by atoms with Gasteiger partial charge in [-0.2, -0.15) is 0 Å². The van der Waals surface area contributed by atoms with Crippen LogP contribution >= 0.6 is 0 Å². The van der Waals surface area contributed by atoms with Crippen molar-refractivity contribution in [1.29, 1.82) is 0 Å². The highest BCUT2D eigenvalue weighted by Gasteiger charge is 2.71. The van der Waals surface area contributed by atoms with Crippen LogP contribution in [0.1, 0.15) is 0 Å². The molecule has 1 saturated heterocycles. The number of nitrogens with zero attached hydrogens (tertiary/aromatic N) is 4. The van der Waals surface area contributed by atoms with Crippen LogP contribution in [0.3, 0.4) is 0 Å². The highest BCUT2D eigenvalue weighted by atomic mass is 28.5. The maximum absolute atomic E-state index is 3.18. The molecule has 2 aromatic rings. The molecule has 0 aliphatic carbocycles. The molecule has 0 saturated carbocycles. The summed E-state index contributed by atoms with van der Waals surface area (Å²) in [5.41, 5.74) is 0. The predicted molar refractivity (Wildman–Crippen MR) is 176 cm³/mol. The molecule has 200 valence electrons. The molecule has 2 atom stereocenters. The Morgan fingerprint density at radius 1 is 0.500 bits per heavy atom. The summed E-state index contributed by atoms with van der Waals surface area (Å²) in [5.74, 6) is 0. The van der Waals surface area contributed by atoms with Crippen molar-refractivity contribution in [1.82, 2.24) is 17.4 Å². The van der Waals surface area contributed by atoms with E-state index in [4.69, 9.17) is 0 Å². The van der Waals surface area contributed by atoms with Crippen molar-refractivity contribution in [2.75, 3.05) is 0 Å². The third-order valence-electron chi connectivity index (χ3n) is 7.23. The normalized spacial score (nSPS) is 25.6. The molecule has 0 N–H and O–H groups in total. The van der Waals surface area contributed by atoms with Crippen LogP contribution in [0.4, 0.5) is 0 Å². The van der Waals surface area contributed by atoms with Crippen molar-refractivity contribution in [2.45, 2.75) is 91.7 Å². The largest absolute Gasteiger partial charge is 0.293 e. The van der Waals surface area contributed by atoms with Gasteiger partial charge in [0.15, 0.2) is 0 Å². The highest BCUT2D eigenvalue weighted by molar-refractivity contribution is 7.13. The Labute approximate surface area is 228 Å². The van der Waals surface area contributed by atoms with E-state index in [0.717, 1.165) is 0 Å². The van der Waals surface area contributed by atoms with Crippen LogP contribution in [0.25, 0.3) is 0 Å². The smallest absolute Gasteiger partial charge is 0.249 e. The van der Waals surface area contributed by atoms with E-state index in [2.05, 4.69) is 170 Å². The lowest BCUT2D eigenvalue weighted by molar-refractivity contribution is 0.359. The summed E-state index contributed by atoms with van der Waals surface area (Å²) in [5, 5.41) is 3.12. The summed E-state index contributed by atoms with van der Waals surface area (Å²) in [6.45, 7) is 36.4. The van der Waals surface area contributed by atoms with E-state index in [0.29, 0.717) is 0 Å². The molecule has 0 radical (unpaired) electrons. The number of hydrogen-bond acceptors (Lipinski definition) is 4. The summed E-state index contributed by atoms with van der Waals surface area (Å²) < 4.78 is 12.5. The molecule has 4 nitrogen and oxygen atoms in total. The van der Waals surface area contributed by atoms with E-state index >= 15 is 0 Å². The first-order valence-corrected chi connectivity index (χ1v) is 32.1. The molecule has 2 aromatic carbocycles. The van der Waals surface area contributed by atoms with Crippen molar-refractivity contribution in [3.63, 3.8) is 0 Å². The molecular weight excluding hydrogens is 537 g/mol. The van der Waals surface area contributed by atoms with Crippen molar-refractivity contribution < 1.29 is 0 Å². The molecule has 1 aliphatic heterocycles. The van der Waals surface area contributed by atoms with Gasteiger partial charge in [-0.3, -0.25) is 17.4 Å². The van der Waals surface area contributed by atoms with Gasteiger partial charge in [-0.05, 0) is 23.5 Å². The van der Waals surface area contributed by atoms with E-state index < -0.39 is 49.7 Å². The van der Waals surface area contributed by atoms with Gasteiger partial charge in [-0.1, -0.05) is 139 Å². The zero-order valence-electron chi connectivity index (χ0n) is 25.6. The lowest BCUT2D eigenvalue weighted by Gasteiger charge is -2.58. The summed E-state index contributed by atoms with van der Waals surface area (Å²) in [6.07, 6.45) is 0. The Kier molecular flexibility index (Phi) is 8.07. The van der Waals surface area contributed by atoms with Gasteiger partial charge in [0.2, 0.25) is 16.8 Å². The topological polar surface area (TPSA) is 13.0 Å². The fraction of sp³-hybridized carbons (Fsp3) is 0.538. The third-order valence-corrected chi connectivity index (χ3v) is 34.9. The first-order chi connectivity index (χ1) is 16.2. The Hall–Kier alpha value is -0.419. The van der Waals surface area contributed by atoms with Gasteiger partial charge in [0.25, 0.3) is 0 Å². The monoisotopic (exact) mass is 588 g/mol. The molecule has 2 unspecified atom stereocenters. The fourth-order valence-corrected chi connectivity index (χ4v) is 50.9. The molecule has 0 amide bonds. The minimum absolute atomic E-state index is 1.56. The second-order valence-corrected chi connectivity index (χ2v) is 42.5. The molecule has 1 fully saturated rings. The summed E-state index contributed by atoms with van der Waals surface area (Å²) in [6, 6.07) is 23.3. The van der Waals surface area contributed by atoms with Crippen molar-refractivity contribution in [3.05, 3.63) is 60.7 Å². The molecule has 1 aliphatic rings. The van der Waals surface area contributed by atoms with Crippen LogP contribution < -0.4 is 10.4 Å². The van der Waals surface area contributed by atoms with Crippen LogP contribution in [0.15, 0.2) is 60.7 Å². The van der Waals surface area contributed by atoms with Crippen molar-refractivity contribution >= 4 is 60.1 Å². The maximum atomic E-state index is 3.18. The zero-order chi connectivity index (χ0) is 27.5. The quantitative estimate of drug-likeness (QED) is 0.350. The van der Waals surface area contributed by atoms with Gasteiger partial charge in [0.05, 0.1) is 0 Å². The maximum Gasteiger partial charge on any atom is 0.249 e. The minimum atomic E-state index is -2.38. The summed E-state index contributed by atoms with van der Waals surface area (Å²) in [4.78, 5) is 0. The predicted octanol–water partition coefficient (Wildman–Crippen LogP) is 6.34. The summed E-state index contributed by atoms with van der Waals surface area (Å²) >= 11 is 0. The standard InChI is InChI=1S/C26H52N4Si6/c1-31(2,3)27(32(4,5)6)30-35(13,25-21-17-15-18-22-25)28(33(7,8)9)29(34(10,11)12)36(30,14)26-23-19-16-20-24-26/h15-24H,1-14H3. The van der Waals surface area contributed by atoms with E-state index in [1.165, 1.54) is 0 Å². The Morgan fingerprint density at radius 2 is 0.778 bits per heavy atom. The van der Waals surface area contributed by atoms with Gasteiger partial charge >= 0.3 is 0 Å². The van der Waals surface area contributed by atoms with E-state index in [9.17, 15) is 0 Å². The fourth-order valence-electron chi connectivity index (χ4n) is 6.89. The number of benzene rings is 2. The van der Waals surface area contributed by atoms with Crippen LogP contribution in [0.5, 0.6) is 0 Å². The lowest BCUT2D eigenvalue weighted by Crippen LogP contribution is -2.83. The Balaban J connectivity index is 2.61. The number of hydrazine groups is 2. The first kappa shape index (κ1) is 30.1. The van der Waals surface area contributed by atoms with Gasteiger partial charge < -0.3 is 0 Å². The average molecular weight is 589 g/mol. The molecule has 36 heavy (non-hydrogen) atoms. The Bertz CT molecular complexity index is 959. The van der Waals surface area contributed by atoms with Crippen LogP contribution in [0, 0.1) is 0 Å². The van der Waals surface area contributed by atoms with E-state index in [1.807, 2.05) is 0 Å². The molecule has 0 bridgehead atoms.